The van der Waals surface area contributed by atoms with Gasteiger partial charge in [0.25, 0.3) is 0 Å². The van der Waals surface area contributed by atoms with E-state index in [2.05, 4.69) is 10.0 Å². The molecule has 0 saturated carbocycles. The van der Waals surface area contributed by atoms with E-state index in [9.17, 15) is 4.79 Å². The molecule has 0 radical (unpaired) electrons. The summed E-state index contributed by atoms with van der Waals surface area (Å²) in [5.41, 5.74) is 8.41. The number of azide groups is 1. The van der Waals surface area contributed by atoms with Crippen molar-refractivity contribution >= 4 is 5.97 Å². The van der Waals surface area contributed by atoms with Crippen molar-refractivity contribution in [1.82, 2.24) is 0 Å². The highest BCUT2D eigenvalue weighted by atomic mass is 16.4. The lowest BCUT2D eigenvalue weighted by Crippen LogP contribution is -2.20. The maximum atomic E-state index is 10.7. The van der Waals surface area contributed by atoms with E-state index < -0.39 is 5.97 Å². The van der Waals surface area contributed by atoms with Gasteiger partial charge in [-0.2, -0.15) is 0 Å². The Morgan fingerprint density at radius 1 is 1.60 bits per heavy atom. The summed E-state index contributed by atoms with van der Waals surface area (Å²) in [4.78, 5) is 13.4. The lowest BCUT2D eigenvalue weighted by Gasteiger charge is -2.20. The molecule has 0 saturated heterocycles. The van der Waals surface area contributed by atoms with Gasteiger partial charge < -0.3 is 5.11 Å². The molecule has 0 bridgehead atoms. The second-order valence-corrected chi connectivity index (χ2v) is 3.77. The average Bonchev–Trinajstić information content (AvgIpc) is 2.15. The minimum absolute atomic E-state index is 0.0602. The van der Waals surface area contributed by atoms with Crippen LogP contribution in [0.2, 0.25) is 0 Å². The van der Waals surface area contributed by atoms with Crippen molar-refractivity contribution in [3.63, 3.8) is 0 Å². The van der Waals surface area contributed by atoms with Crippen molar-refractivity contribution in [3.05, 3.63) is 22.6 Å². The van der Waals surface area contributed by atoms with Crippen LogP contribution in [0.25, 0.3) is 10.4 Å². The van der Waals surface area contributed by atoms with Crippen LogP contribution in [0.4, 0.5) is 0 Å². The number of rotatable bonds is 3. The summed E-state index contributed by atoms with van der Waals surface area (Å²) >= 11 is 0. The van der Waals surface area contributed by atoms with E-state index in [4.69, 9.17) is 10.6 Å². The largest absolute Gasteiger partial charge is 0.481 e. The van der Waals surface area contributed by atoms with Crippen molar-refractivity contribution in [2.24, 2.45) is 11.0 Å². The predicted molar refractivity (Wildman–Crippen MR) is 56.3 cm³/mol. The van der Waals surface area contributed by atoms with Crippen molar-refractivity contribution in [3.8, 4) is 0 Å². The van der Waals surface area contributed by atoms with Crippen LogP contribution in [0, 0.1) is 5.92 Å². The number of carboxylic acid groups (broad SMARTS) is 1. The average molecular weight is 209 g/mol. The Labute approximate surface area is 88.4 Å². The second kappa shape index (κ2) is 6.09. The highest BCUT2D eigenvalue weighted by Crippen LogP contribution is 2.24. The van der Waals surface area contributed by atoms with E-state index >= 15 is 0 Å². The molecular formula is C10H15N3O2. The molecule has 15 heavy (non-hydrogen) atoms. The minimum Gasteiger partial charge on any atom is -0.481 e. The topological polar surface area (TPSA) is 86.1 Å². The van der Waals surface area contributed by atoms with E-state index in [0.717, 1.165) is 25.7 Å². The quantitative estimate of drug-likeness (QED) is 0.335. The molecule has 0 spiro atoms. The third-order valence-electron chi connectivity index (χ3n) is 2.63. The van der Waals surface area contributed by atoms with E-state index in [1.54, 1.807) is 0 Å². The maximum absolute atomic E-state index is 10.7. The fourth-order valence-corrected chi connectivity index (χ4v) is 1.87. The Morgan fingerprint density at radius 2 is 2.40 bits per heavy atom. The van der Waals surface area contributed by atoms with E-state index in [0.29, 0.717) is 0 Å². The number of allylic oxidation sites excluding steroid dienone is 1. The SMILES string of the molecule is [N-]=[N+]=NC1/C=C\CCCCC1CC(=O)O. The zero-order valence-corrected chi connectivity index (χ0v) is 8.54. The molecule has 1 aliphatic carbocycles. The van der Waals surface area contributed by atoms with Gasteiger partial charge in [-0.3, -0.25) is 4.79 Å². The first-order valence-electron chi connectivity index (χ1n) is 5.16. The van der Waals surface area contributed by atoms with Gasteiger partial charge >= 0.3 is 5.97 Å². The van der Waals surface area contributed by atoms with Crippen LogP contribution in [0.1, 0.15) is 32.1 Å². The smallest absolute Gasteiger partial charge is 0.303 e. The third kappa shape index (κ3) is 4.04. The molecule has 0 aliphatic heterocycles. The van der Waals surface area contributed by atoms with Crippen molar-refractivity contribution < 1.29 is 9.90 Å². The summed E-state index contributed by atoms with van der Waals surface area (Å²) in [5.74, 6) is -0.887. The van der Waals surface area contributed by atoms with Gasteiger partial charge in [-0.1, -0.05) is 23.7 Å². The standard InChI is InChI=1S/C10H15N3O2/c11-13-12-9-6-4-2-1-3-5-8(9)7-10(14)15/h4,6,8-9H,1-3,5,7H2,(H,14,15)/b6-4-. The molecule has 0 aromatic rings. The predicted octanol–water partition coefficient (Wildman–Crippen LogP) is 2.89. The monoisotopic (exact) mass is 209 g/mol. The summed E-state index contributed by atoms with van der Waals surface area (Å²) in [5, 5.41) is 12.4. The van der Waals surface area contributed by atoms with Gasteiger partial charge in [0.1, 0.15) is 0 Å². The second-order valence-electron chi connectivity index (χ2n) is 3.77. The Kier molecular flexibility index (Phi) is 4.71. The summed E-state index contributed by atoms with van der Waals surface area (Å²) in [6, 6.07) is -0.300. The minimum atomic E-state index is -0.827. The van der Waals surface area contributed by atoms with Gasteiger partial charge in [-0.15, -0.1) is 0 Å². The first-order chi connectivity index (χ1) is 7.24. The Balaban J connectivity index is 2.74. The van der Waals surface area contributed by atoms with Crippen LogP contribution in [0.15, 0.2) is 17.3 Å². The lowest BCUT2D eigenvalue weighted by molar-refractivity contribution is -0.138. The molecule has 5 nitrogen and oxygen atoms in total. The summed E-state index contributed by atoms with van der Waals surface area (Å²) < 4.78 is 0. The molecule has 0 aromatic carbocycles. The number of carbonyl (C=O) groups is 1. The van der Waals surface area contributed by atoms with Crippen LogP contribution in [0.5, 0.6) is 0 Å². The van der Waals surface area contributed by atoms with Gasteiger partial charge in [-0.25, -0.2) is 0 Å². The molecule has 1 N–H and O–H groups in total. The summed E-state index contributed by atoms with van der Waals surface area (Å²) in [6.07, 6.45) is 7.78. The fourth-order valence-electron chi connectivity index (χ4n) is 1.87. The molecule has 0 fully saturated rings. The molecule has 0 heterocycles. The molecule has 5 heteroatoms. The number of aliphatic carboxylic acids is 1. The molecule has 2 unspecified atom stereocenters. The van der Waals surface area contributed by atoms with Crippen LogP contribution in [0.3, 0.4) is 0 Å². The van der Waals surface area contributed by atoms with Gasteiger partial charge in [0, 0.05) is 11.3 Å². The Hall–Kier alpha value is -1.48. The van der Waals surface area contributed by atoms with Gasteiger partial charge in [0.05, 0.1) is 6.04 Å². The van der Waals surface area contributed by atoms with Crippen molar-refractivity contribution in [2.75, 3.05) is 0 Å². The maximum Gasteiger partial charge on any atom is 0.303 e. The van der Waals surface area contributed by atoms with Crippen LogP contribution in [-0.4, -0.2) is 17.1 Å². The normalized spacial score (nSPS) is 28.3. The lowest BCUT2D eigenvalue weighted by atomic mass is 9.88. The summed E-state index contributed by atoms with van der Waals surface area (Å²) in [6.45, 7) is 0. The number of hydrogen-bond acceptors (Lipinski definition) is 2. The Bertz CT molecular complexity index is 295. The van der Waals surface area contributed by atoms with Crippen LogP contribution < -0.4 is 0 Å². The zero-order valence-electron chi connectivity index (χ0n) is 8.54. The van der Waals surface area contributed by atoms with E-state index in [1.807, 2.05) is 12.2 Å². The van der Waals surface area contributed by atoms with Gasteiger partial charge in [0.2, 0.25) is 0 Å². The zero-order chi connectivity index (χ0) is 11.1. The van der Waals surface area contributed by atoms with E-state index in [1.165, 1.54) is 0 Å². The molecule has 82 valence electrons. The molecule has 1 aliphatic rings. The first-order valence-corrected chi connectivity index (χ1v) is 5.16. The third-order valence-corrected chi connectivity index (χ3v) is 2.63. The number of carboxylic acids is 1. The number of nitrogens with zero attached hydrogens (tertiary/aromatic N) is 3. The molecule has 2 atom stereocenters. The Morgan fingerprint density at radius 3 is 3.07 bits per heavy atom. The van der Waals surface area contributed by atoms with Gasteiger partial charge in [-0.05, 0) is 30.7 Å². The van der Waals surface area contributed by atoms with Crippen LogP contribution in [-0.2, 0) is 4.79 Å². The van der Waals surface area contributed by atoms with Crippen molar-refractivity contribution in [1.29, 1.82) is 0 Å². The highest BCUT2D eigenvalue weighted by Gasteiger charge is 2.21. The fraction of sp³-hybridized carbons (Fsp3) is 0.700. The molecule has 0 aromatic heterocycles. The van der Waals surface area contributed by atoms with Crippen LogP contribution >= 0.6 is 0 Å². The molecule has 0 amide bonds. The first kappa shape index (κ1) is 11.6. The molecule has 1 rings (SSSR count). The summed E-state index contributed by atoms with van der Waals surface area (Å²) in [7, 11) is 0. The van der Waals surface area contributed by atoms with Gasteiger partial charge in [0.15, 0.2) is 0 Å². The molecular weight excluding hydrogens is 194 g/mol. The highest BCUT2D eigenvalue weighted by molar-refractivity contribution is 5.67. The van der Waals surface area contributed by atoms with Crippen molar-refractivity contribution in [2.45, 2.75) is 38.1 Å². The number of hydrogen-bond donors (Lipinski definition) is 1. The van der Waals surface area contributed by atoms with E-state index in [-0.39, 0.29) is 18.4 Å².